The van der Waals surface area contributed by atoms with Crippen LogP contribution in [0.1, 0.15) is 30.6 Å². The van der Waals surface area contributed by atoms with Crippen molar-refractivity contribution in [2.24, 2.45) is 0 Å². The lowest BCUT2D eigenvalue weighted by Gasteiger charge is -2.22. The van der Waals surface area contributed by atoms with Crippen LogP contribution in [0.2, 0.25) is 0 Å². The van der Waals surface area contributed by atoms with E-state index < -0.39 is 15.1 Å². The van der Waals surface area contributed by atoms with E-state index in [-0.39, 0.29) is 10.8 Å². The van der Waals surface area contributed by atoms with E-state index in [1.807, 2.05) is 24.3 Å². The number of sulfone groups is 1. The summed E-state index contributed by atoms with van der Waals surface area (Å²) in [7, 11) is -3.33. The van der Waals surface area contributed by atoms with Crippen molar-refractivity contribution in [3.8, 4) is 0 Å². The average Bonchev–Trinajstić information content (AvgIpc) is 2.83. The lowest BCUT2D eigenvalue weighted by Crippen LogP contribution is -2.31. The van der Waals surface area contributed by atoms with Gasteiger partial charge in [0.15, 0.2) is 9.84 Å². The van der Waals surface area contributed by atoms with Gasteiger partial charge >= 0.3 is 0 Å². The second-order valence-corrected chi connectivity index (χ2v) is 9.89. The number of fused-ring (bicyclic) bond motifs is 1. The van der Waals surface area contributed by atoms with Crippen LogP contribution in [0.4, 0.5) is 5.69 Å². The number of amides is 1. The van der Waals surface area contributed by atoms with E-state index in [4.69, 9.17) is 0 Å². The molecule has 1 aliphatic rings. The number of para-hydroxylation sites is 1. The quantitative estimate of drug-likeness (QED) is 0.813. The molecule has 0 aliphatic carbocycles. The minimum Gasteiger partial charge on any atom is -0.307 e. The van der Waals surface area contributed by atoms with E-state index in [2.05, 4.69) is 0 Å². The highest BCUT2D eigenvalue weighted by Crippen LogP contribution is 2.34. The summed E-state index contributed by atoms with van der Waals surface area (Å²) < 4.78 is 24.5. The highest BCUT2D eigenvalue weighted by molar-refractivity contribution is 7.99. The van der Waals surface area contributed by atoms with Crippen LogP contribution in [0.3, 0.4) is 0 Å². The van der Waals surface area contributed by atoms with Crippen molar-refractivity contribution in [1.82, 2.24) is 0 Å². The van der Waals surface area contributed by atoms with E-state index >= 15 is 0 Å². The molecule has 0 radical (unpaired) electrons. The Morgan fingerprint density at radius 2 is 1.76 bits per heavy atom. The Bertz CT molecular complexity index is 874. The van der Waals surface area contributed by atoms with Gasteiger partial charge in [0.25, 0.3) is 5.91 Å². The smallest absolute Gasteiger partial charge is 0.258 e. The van der Waals surface area contributed by atoms with Crippen molar-refractivity contribution < 1.29 is 13.2 Å². The predicted octanol–water partition coefficient (Wildman–Crippen LogP) is 4.01. The molecule has 0 saturated carbocycles. The number of benzene rings is 2. The molecule has 0 unspecified atom stereocenters. The fourth-order valence-corrected chi connectivity index (χ4v) is 4.81. The highest BCUT2D eigenvalue weighted by atomic mass is 32.2. The Hall–Kier alpha value is -1.79. The van der Waals surface area contributed by atoms with E-state index in [0.717, 1.165) is 22.8 Å². The maximum atomic E-state index is 13.0. The molecule has 1 heterocycles. The summed E-state index contributed by atoms with van der Waals surface area (Å²) in [6, 6.07) is 14.2. The fourth-order valence-electron chi connectivity index (χ4n) is 2.75. The van der Waals surface area contributed by atoms with Gasteiger partial charge in [-0.1, -0.05) is 12.1 Å². The number of nitrogens with zero attached hydrogens (tertiary/aromatic N) is 1. The number of carbonyl (C=O) groups is 1. The Kier molecular flexibility index (Phi) is 5.20. The largest absolute Gasteiger partial charge is 0.307 e. The monoisotopic (exact) mass is 375 g/mol. The Morgan fingerprint density at radius 1 is 1.08 bits per heavy atom. The van der Waals surface area contributed by atoms with Crippen LogP contribution in [0.15, 0.2) is 58.3 Å². The van der Waals surface area contributed by atoms with Crippen molar-refractivity contribution >= 4 is 33.2 Å². The van der Waals surface area contributed by atoms with Gasteiger partial charge in [-0.3, -0.25) is 4.79 Å². The molecule has 25 heavy (non-hydrogen) atoms. The molecule has 132 valence electrons. The number of carbonyl (C=O) groups excluding carboxylic acids is 1. The minimum absolute atomic E-state index is 0.0940. The van der Waals surface area contributed by atoms with Crippen LogP contribution in [-0.4, -0.2) is 31.9 Å². The first-order chi connectivity index (χ1) is 11.9. The van der Waals surface area contributed by atoms with Crippen molar-refractivity contribution in [2.45, 2.75) is 35.3 Å². The van der Waals surface area contributed by atoms with Crippen LogP contribution in [0, 0.1) is 0 Å². The van der Waals surface area contributed by atoms with Gasteiger partial charge in [0.05, 0.1) is 15.8 Å². The maximum absolute atomic E-state index is 13.0. The molecular formula is C19H21NO3S2. The first-order valence-corrected chi connectivity index (χ1v) is 10.8. The topological polar surface area (TPSA) is 54.5 Å². The summed E-state index contributed by atoms with van der Waals surface area (Å²) in [6.45, 7) is 3.97. The second-order valence-electron chi connectivity index (χ2n) is 6.24. The lowest BCUT2D eigenvalue weighted by molar-refractivity contribution is 0.0986. The van der Waals surface area contributed by atoms with Crippen LogP contribution < -0.4 is 4.90 Å². The van der Waals surface area contributed by atoms with Gasteiger partial charge in [0.2, 0.25) is 0 Å². The molecule has 0 aromatic heterocycles. The third-order valence-electron chi connectivity index (χ3n) is 4.24. The number of anilines is 1. The normalized spacial score (nSPS) is 14.9. The summed E-state index contributed by atoms with van der Waals surface area (Å²) in [5.41, 5.74) is 1.43. The van der Waals surface area contributed by atoms with Gasteiger partial charge in [0.1, 0.15) is 0 Å². The molecule has 0 saturated heterocycles. The standard InChI is InChI=1S/C19H21NO3S2/c1-14(2)25(22,23)16-10-8-15(9-11-16)19(21)20-12-5-13-24-18-7-4-3-6-17(18)20/h3-4,6-11,14H,5,12-13H2,1-2H3. The van der Waals surface area contributed by atoms with Crippen LogP contribution in [-0.2, 0) is 9.84 Å². The molecule has 6 heteroatoms. The van der Waals surface area contributed by atoms with Gasteiger partial charge in [-0.05, 0) is 62.4 Å². The zero-order valence-corrected chi connectivity index (χ0v) is 15.9. The molecule has 0 N–H and O–H groups in total. The maximum Gasteiger partial charge on any atom is 0.258 e. The van der Waals surface area contributed by atoms with E-state index in [1.54, 1.807) is 42.6 Å². The van der Waals surface area contributed by atoms with Crippen molar-refractivity contribution in [3.63, 3.8) is 0 Å². The van der Waals surface area contributed by atoms with Gasteiger partial charge < -0.3 is 4.90 Å². The molecule has 0 spiro atoms. The molecule has 3 rings (SSSR count). The van der Waals surface area contributed by atoms with E-state index in [0.29, 0.717) is 12.1 Å². The summed E-state index contributed by atoms with van der Waals surface area (Å²) in [6.07, 6.45) is 0.922. The first kappa shape index (κ1) is 18.0. The summed E-state index contributed by atoms with van der Waals surface area (Å²) in [4.78, 5) is 16.1. The van der Waals surface area contributed by atoms with E-state index in [1.165, 1.54) is 12.1 Å². The van der Waals surface area contributed by atoms with Crippen LogP contribution >= 0.6 is 11.8 Å². The molecule has 0 atom stereocenters. The Morgan fingerprint density at radius 3 is 2.44 bits per heavy atom. The third kappa shape index (κ3) is 3.60. The molecular weight excluding hydrogens is 354 g/mol. The molecule has 1 aliphatic heterocycles. The summed E-state index contributed by atoms with van der Waals surface area (Å²) in [5, 5.41) is -0.483. The number of hydrogen-bond acceptors (Lipinski definition) is 4. The zero-order chi connectivity index (χ0) is 18.0. The van der Waals surface area contributed by atoms with Crippen LogP contribution in [0.5, 0.6) is 0 Å². The fraction of sp³-hybridized carbons (Fsp3) is 0.316. The van der Waals surface area contributed by atoms with E-state index in [9.17, 15) is 13.2 Å². The molecule has 0 bridgehead atoms. The van der Waals surface area contributed by atoms with Gasteiger partial charge in [0, 0.05) is 17.0 Å². The molecule has 1 amide bonds. The Labute approximate surface area is 153 Å². The zero-order valence-electron chi connectivity index (χ0n) is 14.3. The number of rotatable bonds is 3. The lowest BCUT2D eigenvalue weighted by atomic mass is 10.1. The second kappa shape index (κ2) is 7.22. The van der Waals surface area contributed by atoms with Gasteiger partial charge in [-0.2, -0.15) is 0 Å². The Balaban J connectivity index is 1.91. The minimum atomic E-state index is -3.33. The molecule has 2 aromatic carbocycles. The van der Waals surface area contributed by atoms with Crippen LogP contribution in [0.25, 0.3) is 0 Å². The summed E-state index contributed by atoms with van der Waals surface area (Å²) in [5.74, 6) is 0.885. The molecule has 0 fully saturated rings. The van der Waals surface area contributed by atoms with Gasteiger partial charge in [-0.15, -0.1) is 11.8 Å². The summed E-state index contributed by atoms with van der Waals surface area (Å²) >= 11 is 1.76. The van der Waals surface area contributed by atoms with Crippen molar-refractivity contribution in [2.75, 3.05) is 17.2 Å². The SMILES string of the molecule is CC(C)S(=O)(=O)c1ccc(C(=O)N2CCCSc3ccccc32)cc1. The van der Waals surface area contributed by atoms with Gasteiger partial charge in [-0.25, -0.2) is 8.42 Å². The number of hydrogen-bond donors (Lipinski definition) is 0. The third-order valence-corrected chi connectivity index (χ3v) is 7.55. The number of thioether (sulfide) groups is 1. The average molecular weight is 376 g/mol. The molecule has 4 nitrogen and oxygen atoms in total. The molecule has 2 aromatic rings. The predicted molar refractivity (Wildman–Crippen MR) is 102 cm³/mol. The van der Waals surface area contributed by atoms with Crippen molar-refractivity contribution in [1.29, 1.82) is 0 Å². The highest BCUT2D eigenvalue weighted by Gasteiger charge is 2.24. The first-order valence-electron chi connectivity index (χ1n) is 8.29. The van der Waals surface area contributed by atoms with Crippen molar-refractivity contribution in [3.05, 3.63) is 54.1 Å².